The molecule has 29 heavy (non-hydrogen) atoms. The van der Waals surface area contributed by atoms with E-state index in [1.807, 2.05) is 19.9 Å². The molecule has 0 unspecified atom stereocenters. The van der Waals surface area contributed by atoms with E-state index in [4.69, 9.17) is 0 Å². The Labute approximate surface area is 169 Å². The van der Waals surface area contributed by atoms with Gasteiger partial charge < -0.3 is 15.1 Å². The van der Waals surface area contributed by atoms with Crippen LogP contribution in [0.15, 0.2) is 23.3 Å². The predicted octanol–water partition coefficient (Wildman–Crippen LogP) is 1.000. The number of amides is 1. The second-order valence-electron chi connectivity index (χ2n) is 7.61. The summed E-state index contributed by atoms with van der Waals surface area (Å²) in [7, 11) is 0. The summed E-state index contributed by atoms with van der Waals surface area (Å²) in [4.78, 5) is 42.2. The maximum atomic E-state index is 12.7. The highest BCUT2D eigenvalue weighted by molar-refractivity contribution is 5.76. The van der Waals surface area contributed by atoms with Crippen LogP contribution in [-0.4, -0.2) is 63.0 Å². The lowest BCUT2D eigenvalue weighted by molar-refractivity contribution is -0.132. The Morgan fingerprint density at radius 1 is 1.17 bits per heavy atom. The van der Waals surface area contributed by atoms with Gasteiger partial charge in [-0.3, -0.25) is 14.2 Å². The van der Waals surface area contributed by atoms with E-state index in [-0.39, 0.29) is 18.0 Å². The Balaban J connectivity index is 1.36. The summed E-state index contributed by atoms with van der Waals surface area (Å²) >= 11 is 0. The molecule has 1 saturated heterocycles. The Morgan fingerprint density at radius 3 is 2.59 bits per heavy atom. The fourth-order valence-corrected chi connectivity index (χ4v) is 3.58. The van der Waals surface area contributed by atoms with Crippen molar-refractivity contribution in [2.45, 2.75) is 39.2 Å². The van der Waals surface area contributed by atoms with Gasteiger partial charge in [0.2, 0.25) is 5.91 Å². The van der Waals surface area contributed by atoms with Gasteiger partial charge in [0, 0.05) is 50.8 Å². The van der Waals surface area contributed by atoms with Gasteiger partial charge in [0.25, 0.3) is 5.56 Å². The molecule has 0 radical (unpaired) electrons. The van der Waals surface area contributed by atoms with Crippen LogP contribution in [0.5, 0.6) is 0 Å². The largest absolute Gasteiger partial charge is 0.370 e. The van der Waals surface area contributed by atoms with Gasteiger partial charge in [0.15, 0.2) is 0 Å². The normalized spacial score (nSPS) is 16.8. The molecule has 1 N–H and O–H groups in total. The minimum Gasteiger partial charge on any atom is -0.370 e. The van der Waals surface area contributed by atoms with Gasteiger partial charge in [0.05, 0.1) is 12.0 Å². The first kappa shape index (κ1) is 19.4. The molecule has 2 aromatic rings. The van der Waals surface area contributed by atoms with Crippen molar-refractivity contribution in [3.8, 4) is 0 Å². The van der Waals surface area contributed by atoms with E-state index >= 15 is 0 Å². The number of piperazine rings is 1. The number of aryl methyl sites for hydroxylation is 1. The molecule has 1 saturated carbocycles. The van der Waals surface area contributed by atoms with Gasteiger partial charge in [-0.25, -0.2) is 15.0 Å². The number of aromatic nitrogens is 4. The molecule has 9 heteroatoms. The summed E-state index contributed by atoms with van der Waals surface area (Å²) in [6.45, 7) is 7.33. The topological polar surface area (TPSA) is 96.2 Å². The van der Waals surface area contributed by atoms with Crippen LogP contribution in [-0.2, 0) is 11.3 Å². The molecule has 9 nitrogen and oxygen atoms in total. The Hall–Kier alpha value is -2.97. The predicted molar refractivity (Wildman–Crippen MR) is 110 cm³/mol. The number of nitrogens with zero attached hydrogens (tertiary/aromatic N) is 6. The van der Waals surface area contributed by atoms with E-state index < -0.39 is 0 Å². The minimum absolute atomic E-state index is 0.0357. The lowest BCUT2D eigenvalue weighted by Crippen LogP contribution is -2.50. The average molecular weight is 397 g/mol. The SMILES string of the molecule is CCNc1cc(N2CCN(C(=O)Cn3cnc(C4CC4)cc3=O)CC2)nc(C)n1. The fourth-order valence-electron chi connectivity index (χ4n) is 3.58. The molecule has 4 rings (SSSR count). The van der Waals surface area contributed by atoms with Crippen molar-refractivity contribution in [1.82, 2.24) is 24.4 Å². The third kappa shape index (κ3) is 4.55. The molecule has 1 amide bonds. The van der Waals surface area contributed by atoms with E-state index in [0.29, 0.717) is 32.1 Å². The van der Waals surface area contributed by atoms with Crippen molar-refractivity contribution in [3.63, 3.8) is 0 Å². The molecule has 3 heterocycles. The molecule has 154 valence electrons. The molecule has 2 aromatic heterocycles. The molecule has 0 atom stereocenters. The van der Waals surface area contributed by atoms with Gasteiger partial charge >= 0.3 is 0 Å². The van der Waals surface area contributed by atoms with Gasteiger partial charge in [-0.05, 0) is 26.7 Å². The number of carbonyl (C=O) groups is 1. The summed E-state index contributed by atoms with van der Waals surface area (Å²) in [5.41, 5.74) is 0.700. The molecule has 1 aliphatic carbocycles. The number of hydrogen-bond acceptors (Lipinski definition) is 7. The maximum Gasteiger partial charge on any atom is 0.254 e. The van der Waals surface area contributed by atoms with Crippen LogP contribution in [0, 0.1) is 6.92 Å². The highest BCUT2D eigenvalue weighted by Crippen LogP contribution is 2.38. The monoisotopic (exact) mass is 397 g/mol. The zero-order valence-corrected chi connectivity index (χ0v) is 17.0. The molecule has 0 bridgehead atoms. The van der Waals surface area contributed by atoms with E-state index in [2.05, 4.69) is 25.2 Å². The van der Waals surface area contributed by atoms with Gasteiger partial charge in [-0.15, -0.1) is 0 Å². The van der Waals surface area contributed by atoms with Crippen molar-refractivity contribution in [2.24, 2.45) is 0 Å². The molecule has 0 spiro atoms. The highest BCUT2D eigenvalue weighted by Gasteiger charge is 2.26. The zero-order valence-electron chi connectivity index (χ0n) is 17.0. The first-order valence-corrected chi connectivity index (χ1v) is 10.2. The van der Waals surface area contributed by atoms with Crippen molar-refractivity contribution in [1.29, 1.82) is 0 Å². The van der Waals surface area contributed by atoms with Crippen LogP contribution in [0.1, 0.15) is 37.2 Å². The number of rotatable bonds is 6. The van der Waals surface area contributed by atoms with Gasteiger partial charge in [-0.2, -0.15) is 0 Å². The average Bonchev–Trinajstić information content (AvgIpc) is 3.55. The molecular weight excluding hydrogens is 370 g/mol. The van der Waals surface area contributed by atoms with E-state index in [1.54, 1.807) is 11.0 Å². The van der Waals surface area contributed by atoms with E-state index in [1.165, 1.54) is 10.9 Å². The second kappa shape index (κ2) is 8.18. The van der Waals surface area contributed by atoms with Crippen LogP contribution < -0.4 is 15.8 Å². The van der Waals surface area contributed by atoms with Crippen molar-refractivity contribution in [3.05, 3.63) is 40.3 Å². The first-order chi connectivity index (χ1) is 14.0. The Bertz CT molecular complexity index is 946. The van der Waals surface area contributed by atoms with Crippen molar-refractivity contribution in [2.75, 3.05) is 42.9 Å². The molecule has 1 aliphatic heterocycles. The minimum atomic E-state index is -0.152. The number of carbonyl (C=O) groups excluding carboxylic acids is 1. The van der Waals surface area contributed by atoms with E-state index in [9.17, 15) is 9.59 Å². The Morgan fingerprint density at radius 2 is 1.93 bits per heavy atom. The molecule has 2 fully saturated rings. The van der Waals surface area contributed by atoms with Gasteiger partial charge in [-0.1, -0.05) is 0 Å². The van der Waals surface area contributed by atoms with E-state index in [0.717, 1.165) is 42.5 Å². The first-order valence-electron chi connectivity index (χ1n) is 10.2. The standard InChI is InChI=1S/C20H27N7O2/c1-3-21-17-11-18(24-14(2)23-17)25-6-8-26(9-7-25)20(29)12-27-13-22-16(10-19(27)28)15-4-5-15/h10-11,13,15H,3-9,12H2,1-2H3,(H,21,23,24). The number of hydrogen-bond donors (Lipinski definition) is 1. The Kier molecular flexibility index (Phi) is 5.46. The second-order valence-corrected chi connectivity index (χ2v) is 7.61. The number of anilines is 2. The maximum absolute atomic E-state index is 12.7. The smallest absolute Gasteiger partial charge is 0.254 e. The van der Waals surface area contributed by atoms with Crippen LogP contribution in [0.25, 0.3) is 0 Å². The summed E-state index contributed by atoms with van der Waals surface area (Å²) in [6, 6.07) is 3.52. The summed E-state index contributed by atoms with van der Waals surface area (Å²) in [6.07, 6.45) is 3.71. The van der Waals surface area contributed by atoms with Gasteiger partial charge in [0.1, 0.15) is 24.0 Å². The van der Waals surface area contributed by atoms with Crippen molar-refractivity contribution < 1.29 is 4.79 Å². The quantitative estimate of drug-likeness (QED) is 0.777. The lowest BCUT2D eigenvalue weighted by Gasteiger charge is -2.35. The van der Waals surface area contributed by atoms with Crippen LogP contribution in [0.2, 0.25) is 0 Å². The molecule has 0 aromatic carbocycles. The highest BCUT2D eigenvalue weighted by atomic mass is 16.2. The van der Waals surface area contributed by atoms with Crippen molar-refractivity contribution >= 4 is 17.5 Å². The van der Waals surface area contributed by atoms with Crippen LogP contribution in [0.4, 0.5) is 11.6 Å². The molecule has 2 aliphatic rings. The molecular formula is C20H27N7O2. The summed E-state index contributed by atoms with van der Waals surface area (Å²) in [5, 5.41) is 3.22. The number of nitrogens with one attached hydrogen (secondary N) is 1. The summed E-state index contributed by atoms with van der Waals surface area (Å²) in [5.74, 6) is 2.78. The van der Waals surface area contributed by atoms with Crippen LogP contribution >= 0.6 is 0 Å². The third-order valence-corrected chi connectivity index (χ3v) is 5.34. The van der Waals surface area contributed by atoms with Crippen LogP contribution in [0.3, 0.4) is 0 Å². The fraction of sp³-hybridized carbons (Fsp3) is 0.550. The third-order valence-electron chi connectivity index (χ3n) is 5.34. The lowest BCUT2D eigenvalue weighted by atomic mass is 10.3. The zero-order chi connectivity index (χ0) is 20.4. The summed E-state index contributed by atoms with van der Waals surface area (Å²) < 4.78 is 1.40.